The minimum atomic E-state index is -0.291. The molecule has 0 aromatic carbocycles. The number of anilines is 1. The minimum absolute atomic E-state index is 0.0182. The van der Waals surface area contributed by atoms with Crippen LogP contribution in [0.2, 0.25) is 0 Å². The van der Waals surface area contributed by atoms with Crippen LogP contribution in [-0.2, 0) is 11.3 Å². The van der Waals surface area contributed by atoms with Crippen LogP contribution in [0.25, 0.3) is 0 Å². The van der Waals surface area contributed by atoms with Gasteiger partial charge < -0.3 is 15.0 Å². The second kappa shape index (κ2) is 6.96. The number of hydrogen-bond donors (Lipinski definition) is 1. The molecule has 1 amide bonds. The van der Waals surface area contributed by atoms with Crippen molar-refractivity contribution in [2.45, 2.75) is 26.5 Å². The van der Waals surface area contributed by atoms with Gasteiger partial charge in [-0.05, 0) is 13.8 Å². The summed E-state index contributed by atoms with van der Waals surface area (Å²) in [5.74, 6) is 0.655. The lowest BCUT2D eigenvalue weighted by Gasteiger charge is -2.33. The van der Waals surface area contributed by atoms with Gasteiger partial charge in [-0.15, -0.1) is 0 Å². The smallest absolute Gasteiger partial charge is 0.257 e. The first-order valence-electron chi connectivity index (χ1n) is 8.07. The van der Waals surface area contributed by atoms with Gasteiger partial charge in [0.05, 0.1) is 24.4 Å². The van der Waals surface area contributed by atoms with Gasteiger partial charge in [0, 0.05) is 38.7 Å². The molecule has 128 valence electrons. The van der Waals surface area contributed by atoms with E-state index in [1.165, 1.54) is 0 Å². The third kappa shape index (κ3) is 3.09. The van der Waals surface area contributed by atoms with Gasteiger partial charge >= 0.3 is 0 Å². The summed E-state index contributed by atoms with van der Waals surface area (Å²) in [5, 5.41) is 7.37. The Balaban J connectivity index is 1.80. The largest absolute Gasteiger partial charge is 0.372 e. The van der Waals surface area contributed by atoms with E-state index in [0.717, 1.165) is 17.9 Å². The summed E-state index contributed by atoms with van der Waals surface area (Å²) in [6, 6.07) is 0. The molecule has 2 aromatic rings. The SMILES string of the molecule is CCn1cc(C(=O)N2CCO[C@H](c3nccnc3NC)C2)c(C)n1. The Morgan fingerprint density at radius 3 is 2.92 bits per heavy atom. The van der Waals surface area contributed by atoms with Crippen molar-refractivity contribution in [3.05, 3.63) is 35.5 Å². The lowest BCUT2D eigenvalue weighted by Crippen LogP contribution is -2.42. The van der Waals surface area contributed by atoms with Gasteiger partial charge in [0.1, 0.15) is 17.6 Å². The van der Waals surface area contributed by atoms with E-state index >= 15 is 0 Å². The third-order valence-corrected chi connectivity index (χ3v) is 4.12. The van der Waals surface area contributed by atoms with Crippen molar-refractivity contribution in [1.29, 1.82) is 0 Å². The quantitative estimate of drug-likeness (QED) is 0.908. The number of nitrogens with one attached hydrogen (secondary N) is 1. The second-order valence-electron chi connectivity index (χ2n) is 5.63. The number of aromatic nitrogens is 4. The maximum Gasteiger partial charge on any atom is 0.257 e. The van der Waals surface area contributed by atoms with Crippen LogP contribution in [-0.4, -0.2) is 57.3 Å². The molecule has 24 heavy (non-hydrogen) atoms. The molecule has 0 spiro atoms. The minimum Gasteiger partial charge on any atom is -0.372 e. The van der Waals surface area contributed by atoms with E-state index in [1.54, 1.807) is 29.0 Å². The van der Waals surface area contributed by atoms with Gasteiger partial charge in [-0.25, -0.2) is 4.98 Å². The second-order valence-corrected chi connectivity index (χ2v) is 5.63. The maximum absolute atomic E-state index is 12.8. The van der Waals surface area contributed by atoms with Crippen molar-refractivity contribution in [2.75, 3.05) is 32.1 Å². The zero-order valence-electron chi connectivity index (χ0n) is 14.2. The fraction of sp³-hybridized carbons (Fsp3) is 0.500. The molecule has 0 saturated carbocycles. The highest BCUT2D eigenvalue weighted by Gasteiger charge is 2.30. The predicted molar refractivity (Wildman–Crippen MR) is 88.8 cm³/mol. The van der Waals surface area contributed by atoms with E-state index in [4.69, 9.17) is 4.74 Å². The molecule has 8 nitrogen and oxygen atoms in total. The Kier molecular flexibility index (Phi) is 4.75. The fourth-order valence-electron chi connectivity index (χ4n) is 2.84. The predicted octanol–water partition coefficient (Wildman–Crippen LogP) is 1.26. The number of carbonyl (C=O) groups excluding carboxylic acids is 1. The van der Waals surface area contributed by atoms with E-state index in [0.29, 0.717) is 31.1 Å². The number of ether oxygens (including phenoxy) is 1. The molecule has 1 aliphatic heterocycles. The van der Waals surface area contributed by atoms with Gasteiger partial charge in [-0.3, -0.25) is 14.5 Å². The third-order valence-electron chi connectivity index (χ3n) is 4.12. The average molecular weight is 330 g/mol. The van der Waals surface area contributed by atoms with Crippen molar-refractivity contribution in [3.63, 3.8) is 0 Å². The first-order valence-corrected chi connectivity index (χ1v) is 8.07. The molecule has 0 aliphatic carbocycles. The fourth-order valence-corrected chi connectivity index (χ4v) is 2.84. The molecule has 1 fully saturated rings. The van der Waals surface area contributed by atoms with E-state index in [-0.39, 0.29) is 12.0 Å². The van der Waals surface area contributed by atoms with Gasteiger partial charge in [-0.1, -0.05) is 0 Å². The van der Waals surface area contributed by atoms with E-state index in [1.807, 2.05) is 20.0 Å². The summed E-state index contributed by atoms with van der Waals surface area (Å²) in [6.45, 7) is 6.07. The summed E-state index contributed by atoms with van der Waals surface area (Å²) in [5.41, 5.74) is 2.12. The number of rotatable bonds is 4. The van der Waals surface area contributed by atoms with Crippen LogP contribution in [0.3, 0.4) is 0 Å². The van der Waals surface area contributed by atoms with E-state index < -0.39 is 0 Å². The molecule has 1 atom stereocenters. The van der Waals surface area contributed by atoms with E-state index in [2.05, 4.69) is 20.4 Å². The van der Waals surface area contributed by atoms with Gasteiger partial charge in [0.25, 0.3) is 5.91 Å². The number of nitrogens with zero attached hydrogens (tertiary/aromatic N) is 5. The number of amides is 1. The zero-order chi connectivity index (χ0) is 17.1. The molecule has 1 saturated heterocycles. The number of morpholine rings is 1. The standard InChI is InChI=1S/C16H22N6O2/c1-4-22-9-12(11(2)20-22)16(23)21-7-8-24-13(10-21)14-15(17-3)19-6-5-18-14/h5-6,9,13H,4,7-8,10H2,1-3H3,(H,17,19)/t13-/m0/s1. The maximum atomic E-state index is 12.8. The highest BCUT2D eigenvalue weighted by atomic mass is 16.5. The summed E-state index contributed by atoms with van der Waals surface area (Å²) in [6.07, 6.45) is 4.78. The summed E-state index contributed by atoms with van der Waals surface area (Å²) in [4.78, 5) is 23.3. The summed E-state index contributed by atoms with van der Waals surface area (Å²) in [7, 11) is 1.79. The number of carbonyl (C=O) groups is 1. The van der Waals surface area contributed by atoms with Crippen LogP contribution in [0.4, 0.5) is 5.82 Å². The first kappa shape index (κ1) is 16.4. The molecule has 3 heterocycles. The normalized spacial score (nSPS) is 17.8. The summed E-state index contributed by atoms with van der Waals surface area (Å²) < 4.78 is 7.60. The molecule has 0 bridgehead atoms. The highest BCUT2D eigenvalue weighted by Crippen LogP contribution is 2.26. The Hall–Kier alpha value is -2.48. The van der Waals surface area contributed by atoms with Crippen LogP contribution in [0, 0.1) is 6.92 Å². The molecular formula is C16H22N6O2. The van der Waals surface area contributed by atoms with Gasteiger partial charge in [0.15, 0.2) is 0 Å². The van der Waals surface area contributed by atoms with Crippen LogP contribution >= 0.6 is 0 Å². The van der Waals surface area contributed by atoms with Gasteiger partial charge in [0.2, 0.25) is 0 Å². The van der Waals surface area contributed by atoms with Crippen LogP contribution < -0.4 is 5.32 Å². The molecule has 0 unspecified atom stereocenters. The molecule has 3 rings (SSSR count). The number of aryl methyl sites for hydroxylation is 2. The lowest BCUT2D eigenvalue weighted by molar-refractivity contribution is -0.0245. The molecule has 2 aromatic heterocycles. The topological polar surface area (TPSA) is 85.2 Å². The molecule has 0 radical (unpaired) electrons. The summed E-state index contributed by atoms with van der Waals surface area (Å²) >= 11 is 0. The van der Waals surface area contributed by atoms with Gasteiger partial charge in [-0.2, -0.15) is 5.10 Å². The molecule has 1 N–H and O–H groups in total. The Morgan fingerprint density at radius 1 is 1.42 bits per heavy atom. The van der Waals surface area contributed by atoms with Crippen molar-refractivity contribution in [2.24, 2.45) is 0 Å². The average Bonchev–Trinajstić information content (AvgIpc) is 3.02. The Morgan fingerprint density at radius 2 is 2.21 bits per heavy atom. The van der Waals surface area contributed by atoms with Crippen LogP contribution in [0.5, 0.6) is 0 Å². The lowest BCUT2D eigenvalue weighted by atomic mass is 10.1. The zero-order valence-corrected chi connectivity index (χ0v) is 14.2. The Bertz CT molecular complexity index is 729. The van der Waals surface area contributed by atoms with Crippen molar-refractivity contribution in [1.82, 2.24) is 24.6 Å². The van der Waals surface area contributed by atoms with E-state index in [9.17, 15) is 4.79 Å². The number of hydrogen-bond acceptors (Lipinski definition) is 6. The van der Waals surface area contributed by atoms with Crippen LogP contribution in [0.15, 0.2) is 18.6 Å². The molecule has 1 aliphatic rings. The Labute approximate surface area is 140 Å². The van der Waals surface area contributed by atoms with Crippen molar-refractivity contribution >= 4 is 11.7 Å². The van der Waals surface area contributed by atoms with Crippen molar-refractivity contribution in [3.8, 4) is 0 Å². The molecular weight excluding hydrogens is 308 g/mol. The van der Waals surface area contributed by atoms with Crippen LogP contribution in [0.1, 0.15) is 34.8 Å². The highest BCUT2D eigenvalue weighted by molar-refractivity contribution is 5.95. The first-order chi connectivity index (χ1) is 11.6. The monoisotopic (exact) mass is 330 g/mol. The molecule has 8 heteroatoms. The van der Waals surface area contributed by atoms with Crippen molar-refractivity contribution < 1.29 is 9.53 Å².